The molecule has 0 heterocycles. The van der Waals surface area contributed by atoms with Crippen molar-refractivity contribution in [3.63, 3.8) is 0 Å². The summed E-state index contributed by atoms with van der Waals surface area (Å²) in [4.78, 5) is 0. The number of nitrogens with zero attached hydrogens (tertiary/aromatic N) is 1. The molecular formula is C17H25N. The van der Waals surface area contributed by atoms with Crippen LogP contribution < -0.4 is 0 Å². The molecule has 0 spiro atoms. The highest BCUT2D eigenvalue weighted by molar-refractivity contribution is 5.18. The molecule has 0 amide bonds. The summed E-state index contributed by atoms with van der Waals surface area (Å²) in [5, 5.41) is 8.88. The first kappa shape index (κ1) is 14.8. The van der Waals surface area contributed by atoms with Gasteiger partial charge in [0.25, 0.3) is 0 Å². The highest BCUT2D eigenvalue weighted by atomic mass is 14.3. The molecule has 1 rings (SSSR count). The van der Waals surface area contributed by atoms with Crippen LogP contribution in [0.2, 0.25) is 0 Å². The van der Waals surface area contributed by atoms with Crippen molar-refractivity contribution in [1.82, 2.24) is 0 Å². The fourth-order valence-electron chi connectivity index (χ4n) is 2.55. The van der Waals surface area contributed by atoms with Crippen molar-refractivity contribution in [2.45, 2.75) is 46.5 Å². The highest BCUT2D eigenvalue weighted by Crippen LogP contribution is 2.29. The fraction of sp³-hybridized carbons (Fsp3) is 0.588. The lowest BCUT2D eigenvalue weighted by Gasteiger charge is -2.24. The van der Waals surface area contributed by atoms with Gasteiger partial charge in [-0.25, -0.2) is 0 Å². The minimum Gasteiger partial charge on any atom is -0.198 e. The van der Waals surface area contributed by atoms with Gasteiger partial charge < -0.3 is 0 Å². The first-order chi connectivity index (χ1) is 8.54. The standard InChI is InChI=1S/C17H25N/c1-13(12-18)10-14(2)15(3)11-16(4)17-8-6-5-7-9-17/h5-9,13-16H,10-11H2,1-4H3. The zero-order valence-corrected chi connectivity index (χ0v) is 12.1. The smallest absolute Gasteiger partial charge is 0.0652 e. The predicted octanol–water partition coefficient (Wildman–Crippen LogP) is 5.00. The SMILES string of the molecule is CC(C#N)CC(C)C(C)CC(C)c1ccccc1. The van der Waals surface area contributed by atoms with Gasteiger partial charge in [-0.15, -0.1) is 0 Å². The maximum atomic E-state index is 8.88. The Morgan fingerprint density at radius 1 is 0.944 bits per heavy atom. The Kier molecular flexibility index (Phi) is 5.92. The number of hydrogen-bond donors (Lipinski definition) is 0. The Morgan fingerprint density at radius 3 is 2.06 bits per heavy atom. The molecule has 0 aliphatic carbocycles. The van der Waals surface area contributed by atoms with Gasteiger partial charge in [0.15, 0.2) is 0 Å². The van der Waals surface area contributed by atoms with Crippen molar-refractivity contribution >= 4 is 0 Å². The molecule has 0 bridgehead atoms. The van der Waals surface area contributed by atoms with Crippen LogP contribution in [-0.2, 0) is 0 Å². The third-order valence-electron chi connectivity index (χ3n) is 4.01. The summed E-state index contributed by atoms with van der Waals surface area (Å²) in [6.45, 7) is 8.90. The van der Waals surface area contributed by atoms with Gasteiger partial charge in [-0.05, 0) is 43.1 Å². The second-order valence-electron chi connectivity index (χ2n) is 5.77. The number of rotatable bonds is 6. The van der Waals surface area contributed by atoms with Gasteiger partial charge >= 0.3 is 0 Å². The van der Waals surface area contributed by atoms with Crippen molar-refractivity contribution < 1.29 is 0 Å². The van der Waals surface area contributed by atoms with Crippen molar-refractivity contribution in [3.05, 3.63) is 35.9 Å². The predicted molar refractivity (Wildman–Crippen MR) is 77.2 cm³/mol. The van der Waals surface area contributed by atoms with E-state index in [9.17, 15) is 0 Å². The molecule has 4 unspecified atom stereocenters. The van der Waals surface area contributed by atoms with Crippen molar-refractivity contribution in [1.29, 1.82) is 5.26 Å². The monoisotopic (exact) mass is 243 g/mol. The van der Waals surface area contributed by atoms with Crippen LogP contribution >= 0.6 is 0 Å². The van der Waals surface area contributed by atoms with Crippen molar-refractivity contribution in [2.24, 2.45) is 17.8 Å². The molecule has 1 heteroatoms. The fourth-order valence-corrected chi connectivity index (χ4v) is 2.55. The van der Waals surface area contributed by atoms with Gasteiger partial charge in [-0.1, -0.05) is 51.1 Å². The van der Waals surface area contributed by atoms with Gasteiger partial charge in [0.1, 0.15) is 0 Å². The second-order valence-corrected chi connectivity index (χ2v) is 5.77. The first-order valence-corrected chi connectivity index (χ1v) is 6.99. The minimum absolute atomic E-state index is 0.175. The van der Waals surface area contributed by atoms with Gasteiger partial charge in [0.2, 0.25) is 0 Å². The van der Waals surface area contributed by atoms with Crippen LogP contribution in [0.1, 0.15) is 52.0 Å². The minimum atomic E-state index is 0.175. The molecule has 1 aromatic rings. The molecule has 0 N–H and O–H groups in total. The van der Waals surface area contributed by atoms with E-state index in [1.165, 1.54) is 12.0 Å². The number of benzene rings is 1. The van der Waals surface area contributed by atoms with E-state index in [4.69, 9.17) is 5.26 Å². The lowest BCUT2D eigenvalue weighted by Crippen LogP contribution is -2.13. The summed E-state index contributed by atoms with van der Waals surface area (Å²) in [7, 11) is 0. The van der Waals surface area contributed by atoms with Gasteiger partial charge in [0, 0.05) is 5.92 Å². The van der Waals surface area contributed by atoms with Crippen LogP contribution in [0.5, 0.6) is 0 Å². The third-order valence-corrected chi connectivity index (χ3v) is 4.01. The zero-order chi connectivity index (χ0) is 13.5. The van der Waals surface area contributed by atoms with E-state index in [0.29, 0.717) is 17.8 Å². The van der Waals surface area contributed by atoms with E-state index in [-0.39, 0.29) is 5.92 Å². The van der Waals surface area contributed by atoms with Crippen LogP contribution in [-0.4, -0.2) is 0 Å². The summed E-state index contributed by atoms with van der Waals surface area (Å²) in [6.07, 6.45) is 2.21. The lowest BCUT2D eigenvalue weighted by atomic mass is 9.81. The van der Waals surface area contributed by atoms with Crippen molar-refractivity contribution in [2.75, 3.05) is 0 Å². The Labute approximate surface area is 112 Å². The van der Waals surface area contributed by atoms with Crippen LogP contribution in [0.3, 0.4) is 0 Å². The molecule has 1 nitrogen and oxygen atoms in total. The molecule has 0 aromatic heterocycles. The molecule has 0 saturated heterocycles. The Balaban J connectivity index is 2.49. The molecular weight excluding hydrogens is 218 g/mol. The molecule has 1 aromatic carbocycles. The second kappa shape index (κ2) is 7.21. The molecule has 0 fully saturated rings. The topological polar surface area (TPSA) is 23.8 Å². The van der Waals surface area contributed by atoms with Crippen LogP contribution in [0, 0.1) is 29.1 Å². The Hall–Kier alpha value is -1.29. The van der Waals surface area contributed by atoms with E-state index in [1.54, 1.807) is 0 Å². The first-order valence-electron chi connectivity index (χ1n) is 6.99. The molecule has 0 aliphatic heterocycles. The maximum Gasteiger partial charge on any atom is 0.0652 e. The van der Waals surface area contributed by atoms with E-state index in [2.05, 4.69) is 57.2 Å². The van der Waals surface area contributed by atoms with E-state index in [1.807, 2.05) is 6.92 Å². The quantitative estimate of drug-likeness (QED) is 0.689. The highest BCUT2D eigenvalue weighted by Gasteiger charge is 2.18. The molecule has 0 saturated carbocycles. The van der Waals surface area contributed by atoms with E-state index >= 15 is 0 Å². The average Bonchev–Trinajstić information content (AvgIpc) is 2.39. The van der Waals surface area contributed by atoms with Gasteiger partial charge in [-0.3, -0.25) is 0 Å². The average molecular weight is 243 g/mol. The van der Waals surface area contributed by atoms with Crippen molar-refractivity contribution in [3.8, 4) is 6.07 Å². The summed E-state index contributed by atoms with van der Waals surface area (Å²) in [5.74, 6) is 2.05. The van der Waals surface area contributed by atoms with Crippen LogP contribution in [0.4, 0.5) is 0 Å². The number of hydrogen-bond acceptors (Lipinski definition) is 1. The summed E-state index contributed by atoms with van der Waals surface area (Å²) >= 11 is 0. The molecule has 18 heavy (non-hydrogen) atoms. The molecule has 4 atom stereocenters. The largest absolute Gasteiger partial charge is 0.198 e. The Bertz CT molecular complexity index is 376. The summed E-state index contributed by atoms with van der Waals surface area (Å²) in [6, 6.07) is 13.0. The molecule has 0 radical (unpaired) electrons. The van der Waals surface area contributed by atoms with Gasteiger partial charge in [-0.2, -0.15) is 5.26 Å². The molecule has 98 valence electrons. The zero-order valence-electron chi connectivity index (χ0n) is 12.1. The van der Waals surface area contributed by atoms with Gasteiger partial charge in [0.05, 0.1) is 6.07 Å². The Morgan fingerprint density at radius 2 is 1.50 bits per heavy atom. The maximum absolute atomic E-state index is 8.88. The van der Waals surface area contributed by atoms with E-state index < -0.39 is 0 Å². The van der Waals surface area contributed by atoms with Crippen LogP contribution in [0.25, 0.3) is 0 Å². The van der Waals surface area contributed by atoms with E-state index in [0.717, 1.165) is 6.42 Å². The summed E-state index contributed by atoms with van der Waals surface area (Å²) in [5.41, 5.74) is 1.42. The lowest BCUT2D eigenvalue weighted by molar-refractivity contribution is 0.307. The third kappa shape index (κ3) is 4.53. The normalized spacial score (nSPS) is 17.5. The number of nitriles is 1. The van der Waals surface area contributed by atoms with Crippen LogP contribution in [0.15, 0.2) is 30.3 Å². The summed E-state index contributed by atoms with van der Waals surface area (Å²) < 4.78 is 0. The molecule has 0 aliphatic rings.